The fourth-order valence-electron chi connectivity index (χ4n) is 3.78. The lowest BCUT2D eigenvalue weighted by atomic mass is 9.86. The maximum Gasteiger partial charge on any atom is 0.231 e. The number of benzene rings is 2. The molecule has 0 bridgehead atoms. The van der Waals surface area contributed by atoms with Crippen molar-refractivity contribution in [2.45, 2.75) is 25.4 Å². The molecular formula is C22H20O6. The van der Waals surface area contributed by atoms with Crippen molar-refractivity contribution in [3.63, 3.8) is 0 Å². The first kappa shape index (κ1) is 17.0. The molecule has 0 radical (unpaired) electrons. The monoisotopic (exact) mass is 380 g/mol. The predicted molar refractivity (Wildman–Crippen MR) is 102 cm³/mol. The molecule has 28 heavy (non-hydrogen) atoms. The van der Waals surface area contributed by atoms with Crippen LogP contribution in [0.5, 0.6) is 28.7 Å². The average molecular weight is 380 g/mol. The Bertz CT molecular complexity index is 1020. The lowest BCUT2D eigenvalue weighted by Gasteiger charge is -2.33. The van der Waals surface area contributed by atoms with Gasteiger partial charge in [0.25, 0.3) is 0 Å². The fraction of sp³-hybridized carbons (Fsp3) is 0.318. The molecule has 6 heteroatoms. The normalized spacial score (nSPS) is 20.7. The van der Waals surface area contributed by atoms with E-state index in [1.807, 2.05) is 44.2 Å². The molecule has 3 aliphatic heterocycles. The summed E-state index contributed by atoms with van der Waals surface area (Å²) in [6.45, 7) is 4.38. The maximum atomic E-state index is 13.3. The number of carbonyl (C=O) groups excluding carboxylic acids is 1. The molecule has 0 unspecified atom stereocenters. The van der Waals surface area contributed by atoms with Crippen molar-refractivity contribution in [3.8, 4) is 28.7 Å². The lowest BCUT2D eigenvalue weighted by Crippen LogP contribution is -2.30. The summed E-state index contributed by atoms with van der Waals surface area (Å²) in [4.78, 5) is 13.3. The molecule has 0 amide bonds. The predicted octanol–water partition coefficient (Wildman–Crippen LogP) is 3.97. The van der Waals surface area contributed by atoms with Gasteiger partial charge in [0.2, 0.25) is 6.79 Å². The van der Waals surface area contributed by atoms with Gasteiger partial charge in [-0.25, -0.2) is 0 Å². The summed E-state index contributed by atoms with van der Waals surface area (Å²) >= 11 is 0. The van der Waals surface area contributed by atoms with E-state index >= 15 is 0 Å². The number of ether oxygens (including phenoxy) is 5. The number of hydrogen-bond acceptors (Lipinski definition) is 6. The van der Waals surface area contributed by atoms with Gasteiger partial charge in [-0.3, -0.25) is 4.79 Å². The summed E-state index contributed by atoms with van der Waals surface area (Å²) in [5.41, 5.74) is 1.62. The zero-order valence-corrected chi connectivity index (χ0v) is 15.9. The third-order valence-electron chi connectivity index (χ3n) is 5.24. The molecule has 0 aliphatic carbocycles. The largest absolute Gasteiger partial charge is 0.493 e. The van der Waals surface area contributed by atoms with Crippen LogP contribution >= 0.6 is 0 Å². The fourth-order valence-corrected chi connectivity index (χ4v) is 3.78. The summed E-state index contributed by atoms with van der Waals surface area (Å²) in [7, 11) is 1.57. The van der Waals surface area contributed by atoms with Gasteiger partial charge < -0.3 is 23.7 Å². The van der Waals surface area contributed by atoms with Gasteiger partial charge in [-0.05, 0) is 49.8 Å². The van der Waals surface area contributed by atoms with Crippen molar-refractivity contribution in [2.24, 2.45) is 0 Å². The Morgan fingerprint density at radius 2 is 1.89 bits per heavy atom. The molecule has 2 aromatic rings. The highest BCUT2D eigenvalue weighted by Crippen LogP contribution is 2.48. The first-order valence-corrected chi connectivity index (χ1v) is 9.16. The van der Waals surface area contributed by atoms with Gasteiger partial charge >= 0.3 is 0 Å². The van der Waals surface area contributed by atoms with Crippen molar-refractivity contribution < 1.29 is 28.5 Å². The number of fused-ring (bicyclic) bond motifs is 4. The van der Waals surface area contributed by atoms with E-state index < -0.39 is 11.5 Å². The van der Waals surface area contributed by atoms with E-state index in [1.54, 1.807) is 13.2 Å². The Kier molecular flexibility index (Phi) is 3.59. The summed E-state index contributed by atoms with van der Waals surface area (Å²) in [5.74, 6) is 2.57. The Labute approximate surface area is 162 Å². The second kappa shape index (κ2) is 5.92. The first-order chi connectivity index (χ1) is 13.5. The van der Waals surface area contributed by atoms with E-state index in [2.05, 4.69) is 0 Å². The number of ketones is 1. The van der Waals surface area contributed by atoms with E-state index in [9.17, 15) is 4.79 Å². The summed E-state index contributed by atoms with van der Waals surface area (Å²) in [6, 6.07) is 7.27. The smallest absolute Gasteiger partial charge is 0.231 e. The molecule has 0 saturated carbocycles. The summed E-state index contributed by atoms with van der Waals surface area (Å²) < 4.78 is 28.5. The molecule has 6 nitrogen and oxygen atoms in total. The molecule has 0 saturated heterocycles. The average Bonchev–Trinajstić information content (AvgIpc) is 3.14. The highest BCUT2D eigenvalue weighted by atomic mass is 16.7. The van der Waals surface area contributed by atoms with E-state index in [0.717, 1.165) is 11.1 Å². The topological polar surface area (TPSA) is 63.2 Å². The first-order valence-electron chi connectivity index (χ1n) is 9.16. The van der Waals surface area contributed by atoms with Crippen molar-refractivity contribution in [2.75, 3.05) is 20.5 Å². The van der Waals surface area contributed by atoms with Crippen molar-refractivity contribution >= 4 is 11.9 Å². The quantitative estimate of drug-likeness (QED) is 0.786. The zero-order chi connectivity index (χ0) is 19.5. The summed E-state index contributed by atoms with van der Waals surface area (Å²) in [5, 5.41) is 0. The standard InChI is InChI=1S/C22H20O6/c1-22(2)7-6-13-20-14(9-18(24-3)21(13)28-22)19(23)15(10-25-20)12-4-5-16-17(8-12)27-11-26-16/h4-9,15H,10-11H2,1-3H3/t15-/m1/s1. The molecule has 1 atom stereocenters. The molecule has 3 heterocycles. The van der Waals surface area contributed by atoms with Gasteiger partial charge in [0.1, 0.15) is 18.0 Å². The minimum absolute atomic E-state index is 0.0144. The lowest BCUT2D eigenvalue weighted by molar-refractivity contribution is 0.0893. The third kappa shape index (κ3) is 2.52. The Hall–Kier alpha value is -3.15. The van der Waals surface area contributed by atoms with E-state index in [-0.39, 0.29) is 19.2 Å². The van der Waals surface area contributed by atoms with Crippen LogP contribution in [0.15, 0.2) is 30.3 Å². The van der Waals surface area contributed by atoms with Crippen molar-refractivity contribution in [3.05, 3.63) is 47.0 Å². The Morgan fingerprint density at radius 3 is 2.71 bits per heavy atom. The molecule has 0 aromatic heterocycles. The van der Waals surface area contributed by atoms with E-state index in [0.29, 0.717) is 34.3 Å². The molecule has 144 valence electrons. The number of carbonyl (C=O) groups is 1. The van der Waals surface area contributed by atoms with Crippen LogP contribution in [0.4, 0.5) is 0 Å². The minimum Gasteiger partial charge on any atom is -0.493 e. The van der Waals surface area contributed by atoms with Crippen LogP contribution in [0.2, 0.25) is 0 Å². The van der Waals surface area contributed by atoms with E-state index in [4.69, 9.17) is 23.7 Å². The molecule has 0 N–H and O–H groups in total. The van der Waals surface area contributed by atoms with Crippen LogP contribution in [0, 0.1) is 0 Å². The van der Waals surface area contributed by atoms with Gasteiger partial charge in [-0.15, -0.1) is 0 Å². The van der Waals surface area contributed by atoms with E-state index in [1.165, 1.54) is 0 Å². The van der Waals surface area contributed by atoms with Crippen molar-refractivity contribution in [1.82, 2.24) is 0 Å². The number of methoxy groups -OCH3 is 1. The van der Waals surface area contributed by atoms with Gasteiger partial charge in [0, 0.05) is 0 Å². The minimum atomic E-state index is -0.456. The zero-order valence-electron chi connectivity index (χ0n) is 15.9. The molecular weight excluding hydrogens is 360 g/mol. The van der Waals surface area contributed by atoms with Crippen LogP contribution in [-0.4, -0.2) is 31.9 Å². The number of rotatable bonds is 2. The second-order valence-corrected chi connectivity index (χ2v) is 7.58. The Morgan fingerprint density at radius 1 is 1.07 bits per heavy atom. The molecule has 2 aromatic carbocycles. The molecule has 0 fully saturated rings. The van der Waals surface area contributed by atoms with Gasteiger partial charge in [-0.1, -0.05) is 6.07 Å². The summed E-state index contributed by atoms with van der Waals surface area (Å²) in [6.07, 6.45) is 3.89. The molecule has 0 spiro atoms. The second-order valence-electron chi connectivity index (χ2n) is 7.58. The van der Waals surface area contributed by atoms with Crippen LogP contribution in [0.1, 0.15) is 41.3 Å². The van der Waals surface area contributed by atoms with Crippen LogP contribution < -0.4 is 23.7 Å². The highest BCUT2D eigenvalue weighted by Gasteiger charge is 2.37. The Balaban J connectivity index is 1.57. The van der Waals surface area contributed by atoms with Crippen LogP contribution in [0.25, 0.3) is 6.08 Å². The van der Waals surface area contributed by atoms with Gasteiger partial charge in [0.05, 0.1) is 24.2 Å². The highest BCUT2D eigenvalue weighted by molar-refractivity contribution is 6.06. The van der Waals surface area contributed by atoms with Gasteiger partial charge in [-0.2, -0.15) is 0 Å². The third-order valence-corrected chi connectivity index (χ3v) is 5.24. The number of hydrogen-bond donors (Lipinski definition) is 0. The molecule has 3 aliphatic rings. The van der Waals surface area contributed by atoms with Crippen LogP contribution in [-0.2, 0) is 0 Å². The SMILES string of the molecule is COc1cc2c(c3c1OC(C)(C)C=C3)OC[C@H](c1ccc3c(c1)OCO3)C2=O. The van der Waals surface area contributed by atoms with Crippen molar-refractivity contribution in [1.29, 1.82) is 0 Å². The molecule has 5 rings (SSSR count). The van der Waals surface area contributed by atoms with Gasteiger partial charge in [0.15, 0.2) is 28.8 Å². The maximum absolute atomic E-state index is 13.3. The van der Waals surface area contributed by atoms with Crippen LogP contribution in [0.3, 0.4) is 0 Å². The number of Topliss-reactive ketones (excluding diaryl/α,β-unsaturated/α-hetero) is 1.